The molecule has 0 saturated carbocycles. The van der Waals surface area contributed by atoms with Crippen molar-refractivity contribution in [3.05, 3.63) is 151 Å². The van der Waals surface area contributed by atoms with Crippen molar-refractivity contribution in [2.45, 2.75) is 0 Å². The summed E-state index contributed by atoms with van der Waals surface area (Å²) in [6, 6.07) is 48.0. The number of aromatic nitrogens is 3. The Morgan fingerprint density at radius 1 is 0.386 bits per heavy atom. The maximum Gasteiger partial charge on any atom is 0.167 e. The highest BCUT2D eigenvalue weighted by Gasteiger charge is 2.18. The third-order valence-electron chi connectivity index (χ3n) is 7.83. The molecule has 6 aromatic carbocycles. The SMILES string of the molecule is Fc1ccc(-c2cccc3c2sc2c(-c4ccccc4)cccc23)cc1-c1nc(-c2ccccc2)nc(-c2ccccc2)n1. The molecule has 5 heteroatoms. The topological polar surface area (TPSA) is 38.7 Å². The van der Waals surface area contributed by atoms with Crippen molar-refractivity contribution < 1.29 is 4.39 Å². The van der Waals surface area contributed by atoms with Gasteiger partial charge in [-0.15, -0.1) is 11.3 Å². The number of hydrogen-bond donors (Lipinski definition) is 0. The Hall–Kier alpha value is -5.52. The summed E-state index contributed by atoms with van der Waals surface area (Å²) in [7, 11) is 0. The van der Waals surface area contributed by atoms with E-state index in [9.17, 15) is 0 Å². The van der Waals surface area contributed by atoms with Crippen molar-refractivity contribution in [3.8, 4) is 56.4 Å². The molecule has 2 heterocycles. The number of benzene rings is 6. The molecule has 0 radical (unpaired) electrons. The van der Waals surface area contributed by atoms with Crippen LogP contribution >= 0.6 is 11.3 Å². The van der Waals surface area contributed by atoms with Crippen molar-refractivity contribution in [1.29, 1.82) is 0 Å². The Morgan fingerprint density at radius 3 is 1.41 bits per heavy atom. The standard InChI is InChI=1S/C39H24FN3S/c40-34-23-22-28(30-19-11-21-32-31-20-10-18-29(35(31)44-36(30)32)25-12-4-1-5-13-25)24-33(34)39-42-37(26-14-6-2-7-15-26)41-38(43-39)27-16-8-3-9-17-27/h1-24H. The van der Waals surface area contributed by atoms with Gasteiger partial charge in [-0.05, 0) is 34.4 Å². The quantitative estimate of drug-likeness (QED) is 0.202. The summed E-state index contributed by atoms with van der Waals surface area (Å²) >= 11 is 1.77. The van der Waals surface area contributed by atoms with E-state index < -0.39 is 0 Å². The van der Waals surface area contributed by atoms with Gasteiger partial charge < -0.3 is 0 Å². The molecular formula is C39H24FN3S. The van der Waals surface area contributed by atoms with Crippen LogP contribution in [0, 0.1) is 5.82 Å². The zero-order valence-electron chi connectivity index (χ0n) is 23.5. The fourth-order valence-corrected chi connectivity index (χ4v) is 7.06. The Labute approximate surface area is 258 Å². The molecule has 44 heavy (non-hydrogen) atoms. The molecule has 208 valence electrons. The van der Waals surface area contributed by atoms with Crippen molar-refractivity contribution >= 4 is 31.5 Å². The van der Waals surface area contributed by atoms with E-state index >= 15 is 4.39 Å². The Bertz CT molecular complexity index is 2220. The minimum Gasteiger partial charge on any atom is -0.208 e. The largest absolute Gasteiger partial charge is 0.208 e. The molecule has 0 amide bonds. The van der Waals surface area contributed by atoms with Gasteiger partial charge in [0.05, 0.1) is 5.56 Å². The second-order valence-electron chi connectivity index (χ2n) is 10.6. The number of rotatable bonds is 5. The van der Waals surface area contributed by atoms with Crippen LogP contribution in [0.25, 0.3) is 76.6 Å². The first kappa shape index (κ1) is 26.1. The highest BCUT2D eigenvalue weighted by molar-refractivity contribution is 7.26. The molecule has 0 bridgehead atoms. The maximum atomic E-state index is 15.7. The van der Waals surface area contributed by atoms with Crippen LogP contribution in [0.4, 0.5) is 4.39 Å². The van der Waals surface area contributed by atoms with Crippen LogP contribution in [-0.4, -0.2) is 15.0 Å². The minimum absolute atomic E-state index is 0.298. The van der Waals surface area contributed by atoms with Gasteiger partial charge in [0.15, 0.2) is 17.5 Å². The second kappa shape index (κ2) is 11.0. The molecular weight excluding hydrogens is 562 g/mol. The van der Waals surface area contributed by atoms with Gasteiger partial charge >= 0.3 is 0 Å². The van der Waals surface area contributed by atoms with Crippen LogP contribution in [0.15, 0.2) is 146 Å². The lowest BCUT2D eigenvalue weighted by Gasteiger charge is -2.11. The van der Waals surface area contributed by atoms with E-state index in [1.165, 1.54) is 32.7 Å². The lowest BCUT2D eigenvalue weighted by Crippen LogP contribution is -2.01. The Balaban J connectivity index is 1.31. The van der Waals surface area contributed by atoms with Crippen LogP contribution in [0.5, 0.6) is 0 Å². The van der Waals surface area contributed by atoms with Gasteiger partial charge in [-0.3, -0.25) is 0 Å². The lowest BCUT2D eigenvalue weighted by molar-refractivity contribution is 0.630. The van der Waals surface area contributed by atoms with Gasteiger partial charge in [-0.2, -0.15) is 0 Å². The Morgan fingerprint density at radius 2 is 0.864 bits per heavy atom. The lowest BCUT2D eigenvalue weighted by atomic mass is 9.99. The normalized spacial score (nSPS) is 11.3. The van der Waals surface area contributed by atoms with Gasteiger partial charge in [0.1, 0.15) is 5.82 Å². The molecule has 0 N–H and O–H groups in total. The fraction of sp³-hybridized carbons (Fsp3) is 0. The molecule has 3 nitrogen and oxygen atoms in total. The first-order valence-electron chi connectivity index (χ1n) is 14.4. The molecule has 0 aliphatic heterocycles. The molecule has 0 saturated heterocycles. The molecule has 0 atom stereocenters. The molecule has 8 rings (SSSR count). The van der Waals surface area contributed by atoms with E-state index in [1.54, 1.807) is 11.3 Å². The monoisotopic (exact) mass is 585 g/mol. The zero-order chi connectivity index (χ0) is 29.5. The van der Waals surface area contributed by atoms with E-state index in [1.807, 2.05) is 78.9 Å². The van der Waals surface area contributed by atoms with E-state index in [-0.39, 0.29) is 5.82 Å². The maximum absolute atomic E-state index is 15.7. The first-order valence-corrected chi connectivity index (χ1v) is 15.2. The first-order chi connectivity index (χ1) is 21.7. The number of thiophene rings is 1. The third kappa shape index (κ3) is 4.64. The number of nitrogens with zero attached hydrogens (tertiary/aromatic N) is 3. The van der Waals surface area contributed by atoms with Crippen LogP contribution in [0.2, 0.25) is 0 Å². The summed E-state index contributed by atoms with van der Waals surface area (Å²) in [5, 5.41) is 2.40. The molecule has 0 fully saturated rings. The van der Waals surface area contributed by atoms with E-state index in [0.717, 1.165) is 27.0 Å². The van der Waals surface area contributed by atoms with Crippen molar-refractivity contribution in [2.75, 3.05) is 0 Å². The summed E-state index contributed by atoms with van der Waals surface area (Å²) in [6.45, 7) is 0. The zero-order valence-corrected chi connectivity index (χ0v) is 24.3. The number of hydrogen-bond acceptors (Lipinski definition) is 4. The number of halogens is 1. The highest BCUT2D eigenvalue weighted by atomic mass is 32.1. The van der Waals surface area contributed by atoms with Crippen molar-refractivity contribution in [3.63, 3.8) is 0 Å². The van der Waals surface area contributed by atoms with Gasteiger partial charge in [0.2, 0.25) is 0 Å². The average molecular weight is 586 g/mol. The van der Waals surface area contributed by atoms with Crippen LogP contribution < -0.4 is 0 Å². The van der Waals surface area contributed by atoms with E-state index in [4.69, 9.17) is 15.0 Å². The van der Waals surface area contributed by atoms with Gasteiger partial charge in [0.25, 0.3) is 0 Å². The van der Waals surface area contributed by atoms with Crippen molar-refractivity contribution in [2.24, 2.45) is 0 Å². The highest BCUT2D eigenvalue weighted by Crippen LogP contribution is 2.44. The van der Waals surface area contributed by atoms with E-state index in [2.05, 4.69) is 60.7 Å². The van der Waals surface area contributed by atoms with Gasteiger partial charge in [0, 0.05) is 31.3 Å². The second-order valence-corrected chi connectivity index (χ2v) is 11.6. The van der Waals surface area contributed by atoms with Crippen LogP contribution in [0.1, 0.15) is 0 Å². The predicted octanol–water partition coefficient (Wildman–Crippen LogP) is 10.7. The molecule has 0 aliphatic carbocycles. The molecule has 2 aromatic heterocycles. The predicted molar refractivity (Wildman–Crippen MR) is 180 cm³/mol. The van der Waals surface area contributed by atoms with E-state index in [0.29, 0.717) is 23.0 Å². The molecule has 0 unspecified atom stereocenters. The molecule has 0 spiro atoms. The Kier molecular flexibility index (Phi) is 6.51. The summed E-state index contributed by atoms with van der Waals surface area (Å²) in [5.74, 6) is 0.915. The summed E-state index contributed by atoms with van der Waals surface area (Å²) in [5.41, 5.74) is 6.37. The fourth-order valence-electron chi connectivity index (χ4n) is 5.69. The average Bonchev–Trinajstić information content (AvgIpc) is 3.49. The number of fused-ring (bicyclic) bond motifs is 3. The van der Waals surface area contributed by atoms with Gasteiger partial charge in [-0.1, -0.05) is 133 Å². The van der Waals surface area contributed by atoms with Crippen molar-refractivity contribution in [1.82, 2.24) is 15.0 Å². The van der Waals surface area contributed by atoms with Gasteiger partial charge in [-0.25, -0.2) is 19.3 Å². The van der Waals surface area contributed by atoms with Crippen LogP contribution in [-0.2, 0) is 0 Å². The molecule has 0 aliphatic rings. The third-order valence-corrected chi connectivity index (χ3v) is 9.11. The summed E-state index contributed by atoms with van der Waals surface area (Å²) < 4.78 is 18.1. The molecule has 8 aromatic rings. The summed E-state index contributed by atoms with van der Waals surface area (Å²) in [4.78, 5) is 14.3. The van der Waals surface area contributed by atoms with Crippen LogP contribution in [0.3, 0.4) is 0 Å². The summed E-state index contributed by atoms with van der Waals surface area (Å²) in [6.07, 6.45) is 0. The minimum atomic E-state index is -0.382. The smallest absolute Gasteiger partial charge is 0.167 e.